The van der Waals surface area contributed by atoms with Gasteiger partial charge in [0.2, 0.25) is 0 Å². The summed E-state index contributed by atoms with van der Waals surface area (Å²) in [4.78, 5) is 14.7. The zero-order valence-corrected chi connectivity index (χ0v) is 15.6. The minimum absolute atomic E-state index is 1.13. The van der Waals surface area contributed by atoms with Crippen molar-refractivity contribution >= 4 is 75.8 Å². The molecule has 21 heavy (non-hydrogen) atoms. The number of aromatic nitrogens is 1. The van der Waals surface area contributed by atoms with Gasteiger partial charge in [-0.05, 0) is 108 Å². The summed E-state index contributed by atoms with van der Waals surface area (Å²) in [5.41, 5.74) is 3.76. The normalized spacial score (nSPS) is 11.3. The second-order valence-electron chi connectivity index (χ2n) is 3.68. The van der Waals surface area contributed by atoms with Crippen LogP contribution in [0.15, 0.2) is 12.3 Å². The fraction of sp³-hybridized carbons (Fsp3) is 0.455. The molecule has 0 aliphatic carbocycles. The lowest BCUT2D eigenvalue weighted by Gasteiger charge is -2.15. The van der Waals surface area contributed by atoms with E-state index in [0.717, 1.165) is 5.69 Å². The third kappa shape index (κ3) is 11.4. The second kappa shape index (κ2) is 8.70. The molecule has 0 atom stereocenters. The molecule has 0 amide bonds. The first-order chi connectivity index (χ1) is 9.32. The third-order valence-electron chi connectivity index (χ3n) is 2.13. The van der Waals surface area contributed by atoms with Crippen LogP contribution in [0.3, 0.4) is 0 Å². The van der Waals surface area contributed by atoms with Gasteiger partial charge in [-0.15, -0.1) is 0 Å². The topological polar surface area (TPSA) is 48.4 Å². The van der Waals surface area contributed by atoms with Crippen molar-refractivity contribution in [2.24, 2.45) is 0 Å². The fourth-order valence-electron chi connectivity index (χ4n) is 0.978. The highest BCUT2D eigenvalue weighted by Gasteiger charge is 2.32. The minimum Gasteiger partial charge on any atom is -0.382 e. The summed E-state index contributed by atoms with van der Waals surface area (Å²) in [5.74, 6) is 0. The summed E-state index contributed by atoms with van der Waals surface area (Å²) in [7, 11) is 0. The van der Waals surface area contributed by atoms with Crippen LogP contribution in [0.4, 0.5) is 4.79 Å². The average molecular weight is 418 g/mol. The van der Waals surface area contributed by atoms with Gasteiger partial charge in [-0.2, -0.15) is 0 Å². The Bertz CT molecular complexity index is 446. The molecule has 0 spiro atoms. The number of hydrogen-bond donors (Lipinski definition) is 0. The first kappa shape index (κ1) is 21.2. The van der Waals surface area contributed by atoms with E-state index in [1.165, 1.54) is 11.1 Å². The van der Waals surface area contributed by atoms with Crippen LogP contribution in [0.2, 0.25) is 0 Å². The number of halogens is 6. The van der Waals surface area contributed by atoms with E-state index in [0.29, 0.717) is 0 Å². The van der Waals surface area contributed by atoms with Gasteiger partial charge in [-0.25, -0.2) is 4.79 Å². The van der Waals surface area contributed by atoms with Gasteiger partial charge in [0, 0.05) is 11.9 Å². The predicted octanol–water partition coefficient (Wildman–Crippen LogP) is 5.80. The van der Waals surface area contributed by atoms with Crippen LogP contribution < -0.4 is 0 Å². The molecule has 0 radical (unpaired) electrons. The zero-order valence-electron chi connectivity index (χ0n) is 11.1. The first-order valence-corrected chi connectivity index (χ1v) is 7.53. The van der Waals surface area contributed by atoms with E-state index < -0.39 is 14.1 Å². The van der Waals surface area contributed by atoms with Crippen molar-refractivity contribution in [1.29, 1.82) is 0 Å². The summed E-state index contributed by atoms with van der Waals surface area (Å²) >= 11 is 30.2. The van der Waals surface area contributed by atoms with E-state index in [1.54, 1.807) is 0 Å². The Hall–Kier alpha value is 0.160. The molecule has 0 saturated heterocycles. The summed E-state index contributed by atoms with van der Waals surface area (Å²) in [6, 6.07) is 2.03. The van der Waals surface area contributed by atoms with Crippen LogP contribution >= 0.6 is 69.6 Å². The van der Waals surface area contributed by atoms with Crippen molar-refractivity contribution in [1.82, 2.24) is 4.98 Å². The Balaban J connectivity index is 0.000000394. The molecule has 1 aromatic heterocycles. The van der Waals surface area contributed by atoms with E-state index >= 15 is 0 Å². The van der Waals surface area contributed by atoms with E-state index in [-0.39, 0.29) is 0 Å². The lowest BCUT2D eigenvalue weighted by molar-refractivity contribution is 0.0508. The Labute approximate surface area is 152 Å². The number of carbonyl (C=O) groups is 1. The smallest absolute Gasteiger partial charge is 0.382 e. The number of hydrogen-bond acceptors (Lipinski definition) is 4. The number of ether oxygens (including phenoxy) is 2. The van der Waals surface area contributed by atoms with Crippen molar-refractivity contribution in [2.75, 3.05) is 0 Å². The molecule has 10 heteroatoms. The van der Waals surface area contributed by atoms with Crippen molar-refractivity contribution in [3.05, 3.63) is 29.1 Å². The van der Waals surface area contributed by atoms with Gasteiger partial charge in [0.05, 0.1) is 0 Å². The molecule has 0 aliphatic heterocycles. The monoisotopic (exact) mass is 415 g/mol. The number of rotatable bonds is 0. The maximum atomic E-state index is 10.5. The third-order valence-corrected chi connectivity index (χ3v) is 2.59. The van der Waals surface area contributed by atoms with Crippen molar-refractivity contribution in [2.45, 2.75) is 28.7 Å². The van der Waals surface area contributed by atoms with E-state index in [4.69, 9.17) is 69.6 Å². The maximum Gasteiger partial charge on any atom is 0.515 e. The van der Waals surface area contributed by atoms with Gasteiger partial charge in [-0.3, -0.25) is 4.98 Å². The molecule has 1 rings (SSSR count). The highest BCUT2D eigenvalue weighted by atomic mass is 35.6. The molecule has 0 N–H and O–H groups in total. The van der Waals surface area contributed by atoms with Crippen LogP contribution in [0.5, 0.6) is 0 Å². The largest absolute Gasteiger partial charge is 0.515 e. The minimum atomic E-state index is -2.24. The molecule has 120 valence electrons. The average Bonchev–Trinajstić information content (AvgIpc) is 2.21. The summed E-state index contributed by atoms with van der Waals surface area (Å²) in [6.07, 6.45) is 0.438. The fourth-order valence-corrected chi connectivity index (χ4v) is 1.36. The molecule has 0 saturated carbocycles. The zero-order chi connectivity index (χ0) is 16.8. The van der Waals surface area contributed by atoms with Gasteiger partial charge in [-0.1, -0.05) is 0 Å². The van der Waals surface area contributed by atoms with Crippen LogP contribution in [0, 0.1) is 20.8 Å². The molecular formula is C11H11Cl6NO3. The summed E-state index contributed by atoms with van der Waals surface area (Å²) in [6.45, 7) is 6.23. The number of alkyl halides is 6. The number of pyridine rings is 1. The van der Waals surface area contributed by atoms with Gasteiger partial charge in [0.1, 0.15) is 0 Å². The molecule has 4 nitrogen and oxygen atoms in total. The standard InChI is InChI=1S/C8H11N.C3Cl6O3/c1-6-4-5-9-8(3)7(6)2;4-2(5,6)11-1(10)12-3(7,8)9/h4-5H,1-3H3;. The highest BCUT2D eigenvalue weighted by Crippen LogP contribution is 2.32. The molecule has 0 aliphatic rings. The van der Waals surface area contributed by atoms with Crippen LogP contribution in [-0.2, 0) is 9.47 Å². The number of aryl methyl sites for hydroxylation is 2. The van der Waals surface area contributed by atoms with Crippen molar-refractivity contribution in [3.63, 3.8) is 0 Å². The second-order valence-corrected chi connectivity index (χ2v) is 8.04. The number of nitrogens with zero attached hydrogens (tertiary/aromatic N) is 1. The number of carbonyl (C=O) groups excluding carboxylic acids is 1. The molecule has 0 unspecified atom stereocenters. The molecule has 0 bridgehead atoms. The molecule has 1 aromatic rings. The SMILES string of the molecule is Cc1ccnc(C)c1C.O=C(OC(Cl)(Cl)Cl)OC(Cl)(Cl)Cl. The van der Waals surface area contributed by atoms with Gasteiger partial charge in [0.25, 0.3) is 0 Å². The highest BCUT2D eigenvalue weighted by molar-refractivity contribution is 6.67. The van der Waals surface area contributed by atoms with Crippen molar-refractivity contribution < 1.29 is 14.3 Å². The van der Waals surface area contributed by atoms with Gasteiger partial charge < -0.3 is 9.47 Å². The Morgan fingerprint density at radius 2 is 1.43 bits per heavy atom. The lowest BCUT2D eigenvalue weighted by Crippen LogP contribution is -2.22. The Morgan fingerprint density at radius 3 is 1.71 bits per heavy atom. The van der Waals surface area contributed by atoms with Gasteiger partial charge >= 0.3 is 14.1 Å². The lowest BCUT2D eigenvalue weighted by atomic mass is 10.1. The van der Waals surface area contributed by atoms with E-state index in [2.05, 4.69) is 28.3 Å². The molecule has 0 aromatic carbocycles. The molecular weight excluding hydrogens is 407 g/mol. The Kier molecular flexibility index (Phi) is 8.77. The van der Waals surface area contributed by atoms with Crippen LogP contribution in [0.1, 0.15) is 16.8 Å². The van der Waals surface area contributed by atoms with E-state index in [1.807, 2.05) is 19.2 Å². The van der Waals surface area contributed by atoms with Crippen molar-refractivity contribution in [3.8, 4) is 0 Å². The maximum absolute atomic E-state index is 10.5. The van der Waals surface area contributed by atoms with Gasteiger partial charge in [0.15, 0.2) is 0 Å². The van der Waals surface area contributed by atoms with Crippen LogP contribution in [0.25, 0.3) is 0 Å². The molecule has 1 heterocycles. The molecule has 0 fully saturated rings. The van der Waals surface area contributed by atoms with E-state index in [9.17, 15) is 4.79 Å². The first-order valence-electron chi connectivity index (χ1n) is 5.26. The Morgan fingerprint density at radius 1 is 1.00 bits per heavy atom. The summed E-state index contributed by atoms with van der Waals surface area (Å²) < 4.78 is 3.50. The summed E-state index contributed by atoms with van der Waals surface area (Å²) in [5, 5.41) is 0. The van der Waals surface area contributed by atoms with Crippen LogP contribution in [-0.4, -0.2) is 19.1 Å². The quantitative estimate of drug-likeness (QED) is 0.395. The predicted molar refractivity (Wildman–Crippen MR) is 86.6 cm³/mol.